The zero-order valence-corrected chi connectivity index (χ0v) is 11.8. The van der Waals surface area contributed by atoms with Crippen LogP contribution in [-0.2, 0) is 9.84 Å². The van der Waals surface area contributed by atoms with Gasteiger partial charge in [-0.15, -0.1) is 0 Å². The summed E-state index contributed by atoms with van der Waals surface area (Å²) in [6, 6.07) is 7.59. The number of benzene rings is 1. The number of hydrogen-bond acceptors (Lipinski definition) is 3. The van der Waals surface area contributed by atoms with E-state index in [9.17, 15) is 8.42 Å². The molecule has 0 radical (unpaired) electrons. The Morgan fingerprint density at radius 3 is 2.38 bits per heavy atom. The molecule has 3 nitrogen and oxygen atoms in total. The van der Waals surface area contributed by atoms with Gasteiger partial charge in [0.1, 0.15) is 0 Å². The third-order valence-corrected chi connectivity index (χ3v) is 4.62. The molecule has 1 aromatic carbocycles. The van der Waals surface area contributed by atoms with E-state index in [1.165, 1.54) is 0 Å². The van der Waals surface area contributed by atoms with Crippen molar-refractivity contribution in [1.82, 2.24) is 0 Å². The molecule has 0 bridgehead atoms. The lowest BCUT2D eigenvalue weighted by atomic mass is 10.3. The number of nitrogens with one attached hydrogen (secondary N) is 1. The highest BCUT2D eigenvalue weighted by molar-refractivity contribution is 9.10. The third-order valence-electron chi connectivity index (χ3n) is 2.20. The van der Waals surface area contributed by atoms with Gasteiger partial charge >= 0.3 is 0 Å². The fourth-order valence-electron chi connectivity index (χ4n) is 1.37. The Morgan fingerprint density at radius 1 is 1.31 bits per heavy atom. The summed E-state index contributed by atoms with van der Waals surface area (Å²) in [5.41, 5.74) is 0.932. The van der Waals surface area contributed by atoms with Crippen molar-refractivity contribution >= 4 is 31.5 Å². The number of rotatable bonds is 5. The average molecular weight is 306 g/mol. The molecule has 0 aliphatic carbocycles. The summed E-state index contributed by atoms with van der Waals surface area (Å²) >= 11 is 3.35. The maximum Gasteiger partial charge on any atom is 0.152 e. The van der Waals surface area contributed by atoms with Crippen LogP contribution in [0, 0.1) is 0 Å². The molecule has 1 atom stereocenters. The van der Waals surface area contributed by atoms with E-state index in [1.54, 1.807) is 6.92 Å². The van der Waals surface area contributed by atoms with Crippen molar-refractivity contribution in [3.8, 4) is 0 Å². The van der Waals surface area contributed by atoms with Crippen molar-refractivity contribution in [2.45, 2.75) is 19.9 Å². The standard InChI is InChI=1S/C11H16BrNO2S/c1-3-16(14,15)8-9(2)13-11-6-4-10(12)5-7-11/h4-7,9,13H,3,8H2,1-2H3. The van der Waals surface area contributed by atoms with Crippen molar-refractivity contribution in [3.63, 3.8) is 0 Å². The predicted octanol–water partition coefficient (Wildman–Crippen LogP) is 2.68. The average Bonchev–Trinajstić information content (AvgIpc) is 2.21. The molecule has 90 valence electrons. The highest BCUT2D eigenvalue weighted by Gasteiger charge is 2.13. The van der Waals surface area contributed by atoms with Crippen LogP contribution in [0.2, 0.25) is 0 Å². The summed E-state index contributed by atoms with van der Waals surface area (Å²) < 4.78 is 23.8. The summed E-state index contributed by atoms with van der Waals surface area (Å²) in [6.07, 6.45) is 0. The van der Waals surface area contributed by atoms with Crippen LogP contribution in [-0.4, -0.2) is 26.0 Å². The minimum Gasteiger partial charge on any atom is -0.382 e. The number of hydrogen-bond donors (Lipinski definition) is 1. The molecule has 16 heavy (non-hydrogen) atoms. The zero-order chi connectivity index (χ0) is 12.2. The molecular formula is C11H16BrNO2S. The van der Waals surface area contributed by atoms with Crippen molar-refractivity contribution in [3.05, 3.63) is 28.7 Å². The molecule has 0 aliphatic heterocycles. The van der Waals surface area contributed by atoms with Gasteiger partial charge in [0.2, 0.25) is 0 Å². The SMILES string of the molecule is CCS(=O)(=O)CC(C)Nc1ccc(Br)cc1. The van der Waals surface area contributed by atoms with Gasteiger partial charge in [0.25, 0.3) is 0 Å². The molecule has 1 rings (SSSR count). The van der Waals surface area contributed by atoms with Crippen LogP contribution >= 0.6 is 15.9 Å². The van der Waals surface area contributed by atoms with Crippen LogP contribution in [0.5, 0.6) is 0 Å². The Kier molecular flexibility index (Phi) is 4.80. The highest BCUT2D eigenvalue weighted by atomic mass is 79.9. The molecule has 0 fully saturated rings. The topological polar surface area (TPSA) is 46.2 Å². The molecule has 0 amide bonds. The van der Waals surface area contributed by atoms with Gasteiger partial charge in [-0.3, -0.25) is 0 Å². The lowest BCUT2D eigenvalue weighted by Crippen LogP contribution is -2.26. The van der Waals surface area contributed by atoms with Crippen molar-refractivity contribution in [1.29, 1.82) is 0 Å². The van der Waals surface area contributed by atoms with E-state index in [-0.39, 0.29) is 17.5 Å². The van der Waals surface area contributed by atoms with E-state index < -0.39 is 9.84 Å². The van der Waals surface area contributed by atoms with Crippen LogP contribution in [0.1, 0.15) is 13.8 Å². The molecule has 0 aliphatic rings. The quantitative estimate of drug-likeness (QED) is 0.910. The van der Waals surface area contributed by atoms with Gasteiger partial charge in [-0.05, 0) is 31.2 Å². The Bertz CT molecular complexity index is 428. The summed E-state index contributed by atoms with van der Waals surface area (Å²) in [4.78, 5) is 0. The Hall–Kier alpha value is -0.550. The van der Waals surface area contributed by atoms with Gasteiger partial charge in [0.15, 0.2) is 9.84 Å². The van der Waals surface area contributed by atoms with Gasteiger partial charge in [-0.1, -0.05) is 22.9 Å². The van der Waals surface area contributed by atoms with Gasteiger partial charge in [-0.2, -0.15) is 0 Å². The molecule has 0 spiro atoms. The highest BCUT2D eigenvalue weighted by Crippen LogP contribution is 2.15. The predicted molar refractivity (Wildman–Crippen MR) is 71.6 cm³/mol. The summed E-state index contributed by atoms with van der Waals surface area (Å²) in [7, 11) is -2.92. The fraction of sp³-hybridized carbons (Fsp3) is 0.455. The van der Waals surface area contributed by atoms with E-state index in [4.69, 9.17) is 0 Å². The molecule has 1 N–H and O–H groups in total. The zero-order valence-electron chi connectivity index (χ0n) is 9.40. The molecule has 1 unspecified atom stereocenters. The first kappa shape index (κ1) is 13.5. The Morgan fingerprint density at radius 2 is 1.88 bits per heavy atom. The molecule has 0 heterocycles. The monoisotopic (exact) mass is 305 g/mol. The molecule has 0 saturated carbocycles. The van der Waals surface area contributed by atoms with Crippen LogP contribution in [0.4, 0.5) is 5.69 Å². The largest absolute Gasteiger partial charge is 0.382 e. The Labute approximate surface area is 105 Å². The van der Waals surface area contributed by atoms with Crippen molar-refractivity contribution in [2.75, 3.05) is 16.8 Å². The second-order valence-corrected chi connectivity index (χ2v) is 7.06. The third kappa shape index (κ3) is 4.53. The molecule has 0 aromatic heterocycles. The second kappa shape index (κ2) is 5.68. The number of sulfone groups is 1. The van der Waals surface area contributed by atoms with Crippen LogP contribution in [0.25, 0.3) is 0 Å². The first-order valence-electron chi connectivity index (χ1n) is 5.15. The minimum absolute atomic E-state index is 0.0777. The molecular weight excluding hydrogens is 290 g/mol. The van der Waals surface area contributed by atoms with Crippen LogP contribution < -0.4 is 5.32 Å². The molecule has 1 aromatic rings. The summed E-state index contributed by atoms with van der Waals surface area (Å²) in [5.74, 6) is 0.360. The van der Waals surface area contributed by atoms with Gasteiger partial charge in [0.05, 0.1) is 5.75 Å². The van der Waals surface area contributed by atoms with Gasteiger partial charge in [0, 0.05) is 22.0 Å². The van der Waals surface area contributed by atoms with Gasteiger partial charge < -0.3 is 5.32 Å². The summed E-state index contributed by atoms with van der Waals surface area (Å²) in [5, 5.41) is 3.16. The van der Waals surface area contributed by atoms with Gasteiger partial charge in [-0.25, -0.2) is 8.42 Å². The van der Waals surface area contributed by atoms with E-state index >= 15 is 0 Å². The van der Waals surface area contributed by atoms with Crippen molar-refractivity contribution in [2.24, 2.45) is 0 Å². The fourth-order valence-corrected chi connectivity index (χ4v) is 2.72. The van der Waals surface area contributed by atoms with E-state index in [0.717, 1.165) is 10.2 Å². The molecule has 0 saturated heterocycles. The number of halogens is 1. The van der Waals surface area contributed by atoms with Crippen LogP contribution in [0.15, 0.2) is 28.7 Å². The smallest absolute Gasteiger partial charge is 0.152 e. The van der Waals surface area contributed by atoms with Crippen molar-refractivity contribution < 1.29 is 8.42 Å². The minimum atomic E-state index is -2.92. The second-order valence-electron chi connectivity index (χ2n) is 3.75. The first-order valence-corrected chi connectivity index (χ1v) is 7.77. The maximum absolute atomic E-state index is 11.4. The van der Waals surface area contributed by atoms with E-state index in [2.05, 4.69) is 21.2 Å². The lowest BCUT2D eigenvalue weighted by molar-refractivity contribution is 0.593. The van der Waals surface area contributed by atoms with E-state index in [1.807, 2.05) is 31.2 Å². The number of anilines is 1. The van der Waals surface area contributed by atoms with E-state index in [0.29, 0.717) is 0 Å². The Balaban J connectivity index is 2.58. The summed E-state index contributed by atoms with van der Waals surface area (Å²) in [6.45, 7) is 3.54. The van der Waals surface area contributed by atoms with Crippen LogP contribution in [0.3, 0.4) is 0 Å². The maximum atomic E-state index is 11.4. The lowest BCUT2D eigenvalue weighted by Gasteiger charge is -2.14. The first-order chi connectivity index (χ1) is 7.43. The normalized spacial score (nSPS) is 13.4. The molecule has 5 heteroatoms.